The minimum atomic E-state index is -0.411. The molecule has 0 unspecified atom stereocenters. The third-order valence-electron chi connectivity index (χ3n) is 4.39. The molecule has 0 heterocycles. The number of hydrogen-bond donors (Lipinski definition) is 1. The van der Waals surface area contributed by atoms with Gasteiger partial charge in [0.2, 0.25) is 0 Å². The molecule has 0 bridgehead atoms. The van der Waals surface area contributed by atoms with E-state index in [2.05, 4.69) is 0 Å². The topological polar surface area (TPSA) is 37.3 Å². The molecule has 0 saturated carbocycles. The van der Waals surface area contributed by atoms with Gasteiger partial charge >= 0.3 is 0 Å². The van der Waals surface area contributed by atoms with Gasteiger partial charge in [-0.05, 0) is 53.8 Å². The summed E-state index contributed by atoms with van der Waals surface area (Å²) in [6.07, 6.45) is 2.33. The number of aliphatic hydroxyl groups is 1. The molecule has 0 aromatic heterocycles. The van der Waals surface area contributed by atoms with Gasteiger partial charge in [-0.15, -0.1) is 0 Å². The van der Waals surface area contributed by atoms with Gasteiger partial charge < -0.3 is 5.11 Å². The van der Waals surface area contributed by atoms with Crippen molar-refractivity contribution in [1.29, 1.82) is 0 Å². The molecule has 0 aliphatic heterocycles. The number of ketones is 1. The Morgan fingerprint density at radius 1 is 1.12 bits per heavy atom. The van der Waals surface area contributed by atoms with Crippen LogP contribution in [0.4, 0.5) is 4.39 Å². The average molecular weight is 345 g/mol. The van der Waals surface area contributed by atoms with Crippen molar-refractivity contribution in [2.75, 3.05) is 0 Å². The second-order valence-corrected chi connectivity index (χ2v) is 6.38. The van der Waals surface area contributed by atoms with Gasteiger partial charge in [-0.1, -0.05) is 30.7 Å². The van der Waals surface area contributed by atoms with Crippen LogP contribution in [0.3, 0.4) is 0 Å². The molecule has 3 rings (SSSR count). The molecule has 1 aliphatic carbocycles. The minimum absolute atomic E-state index is 0.0535. The quantitative estimate of drug-likeness (QED) is 0.771. The van der Waals surface area contributed by atoms with E-state index >= 15 is 0 Å². The number of halogens is 2. The van der Waals surface area contributed by atoms with Crippen LogP contribution >= 0.6 is 11.6 Å². The Morgan fingerprint density at radius 2 is 1.92 bits per heavy atom. The Balaban J connectivity index is 2.18. The first kappa shape index (κ1) is 16.7. The van der Waals surface area contributed by atoms with Crippen LogP contribution < -0.4 is 0 Å². The largest absolute Gasteiger partial charge is 0.512 e. The summed E-state index contributed by atoms with van der Waals surface area (Å²) in [7, 11) is 0. The smallest absolute Gasteiger partial charge is 0.166 e. The second kappa shape index (κ2) is 6.78. The number of aliphatic hydroxyl groups excluding tert-OH is 1. The van der Waals surface area contributed by atoms with Crippen molar-refractivity contribution in [2.45, 2.75) is 32.6 Å². The zero-order valence-corrected chi connectivity index (χ0v) is 14.2. The maximum absolute atomic E-state index is 14.2. The molecule has 0 amide bonds. The van der Waals surface area contributed by atoms with Gasteiger partial charge in [0.15, 0.2) is 5.78 Å². The summed E-state index contributed by atoms with van der Waals surface area (Å²) in [5, 5.41) is 10.6. The van der Waals surface area contributed by atoms with E-state index in [4.69, 9.17) is 11.6 Å². The van der Waals surface area contributed by atoms with E-state index in [1.54, 1.807) is 18.2 Å². The fourth-order valence-electron chi connectivity index (χ4n) is 3.14. The number of benzene rings is 2. The Morgan fingerprint density at radius 3 is 2.58 bits per heavy atom. The van der Waals surface area contributed by atoms with Crippen molar-refractivity contribution in [1.82, 2.24) is 0 Å². The summed E-state index contributed by atoms with van der Waals surface area (Å²) in [6, 6.07) is 10.0. The first-order valence-corrected chi connectivity index (χ1v) is 8.43. The van der Waals surface area contributed by atoms with Crippen molar-refractivity contribution in [2.24, 2.45) is 0 Å². The predicted molar refractivity (Wildman–Crippen MR) is 94.6 cm³/mol. The van der Waals surface area contributed by atoms with Crippen LogP contribution in [-0.4, -0.2) is 10.9 Å². The van der Waals surface area contributed by atoms with E-state index in [9.17, 15) is 14.3 Å². The molecule has 0 radical (unpaired) electrons. The lowest BCUT2D eigenvalue weighted by molar-refractivity contribution is -0.114. The molecule has 4 heteroatoms. The van der Waals surface area contributed by atoms with Crippen molar-refractivity contribution >= 4 is 23.0 Å². The van der Waals surface area contributed by atoms with Crippen LogP contribution in [0.15, 0.2) is 42.2 Å². The standard InChI is InChI=1S/C20H18ClFO2/c1-2-12-6-7-13(15-9-8-14(21)11-17(15)22)10-16(12)20-18(23)4-3-5-19(20)24/h6-11,23H,2-5H2,1H3. The van der Waals surface area contributed by atoms with Gasteiger partial charge in [-0.3, -0.25) is 4.79 Å². The molecule has 0 atom stereocenters. The van der Waals surface area contributed by atoms with E-state index in [1.807, 2.05) is 19.1 Å². The van der Waals surface area contributed by atoms with Crippen LogP contribution in [0.2, 0.25) is 5.02 Å². The van der Waals surface area contributed by atoms with Gasteiger partial charge in [0, 0.05) is 23.4 Å². The fraction of sp³-hybridized carbons (Fsp3) is 0.250. The zero-order valence-electron chi connectivity index (χ0n) is 13.4. The van der Waals surface area contributed by atoms with Crippen molar-refractivity contribution in [3.05, 3.63) is 64.1 Å². The third-order valence-corrected chi connectivity index (χ3v) is 4.62. The molecule has 24 heavy (non-hydrogen) atoms. The second-order valence-electron chi connectivity index (χ2n) is 5.95. The number of allylic oxidation sites excluding steroid dienone is 2. The Hall–Kier alpha value is -2.13. The lowest BCUT2D eigenvalue weighted by atomic mass is 9.86. The summed E-state index contributed by atoms with van der Waals surface area (Å²) in [4.78, 5) is 12.3. The van der Waals surface area contributed by atoms with Crippen LogP contribution in [-0.2, 0) is 11.2 Å². The molecule has 0 spiro atoms. The highest BCUT2D eigenvalue weighted by Crippen LogP contribution is 2.34. The molecule has 124 valence electrons. The minimum Gasteiger partial charge on any atom is -0.512 e. The lowest BCUT2D eigenvalue weighted by Crippen LogP contribution is -2.12. The Labute approximate surface area is 145 Å². The average Bonchev–Trinajstić information content (AvgIpc) is 2.54. The summed E-state index contributed by atoms with van der Waals surface area (Å²) >= 11 is 5.82. The number of carbonyl (C=O) groups excluding carboxylic acids is 1. The van der Waals surface area contributed by atoms with Crippen LogP contribution in [0.1, 0.15) is 37.3 Å². The lowest BCUT2D eigenvalue weighted by Gasteiger charge is -2.19. The van der Waals surface area contributed by atoms with Crippen LogP contribution in [0.25, 0.3) is 16.7 Å². The molecule has 2 aromatic carbocycles. The number of carbonyl (C=O) groups is 1. The van der Waals surface area contributed by atoms with E-state index in [-0.39, 0.29) is 11.5 Å². The number of aryl methyl sites for hydroxylation is 1. The summed E-state index contributed by atoms with van der Waals surface area (Å²) in [5.74, 6) is -0.331. The zero-order chi connectivity index (χ0) is 17.3. The molecule has 2 nitrogen and oxygen atoms in total. The highest BCUT2D eigenvalue weighted by molar-refractivity contribution is 6.30. The van der Waals surface area contributed by atoms with Crippen LogP contribution in [0.5, 0.6) is 0 Å². The molecule has 2 aromatic rings. The van der Waals surface area contributed by atoms with Gasteiger partial charge in [-0.2, -0.15) is 0 Å². The van der Waals surface area contributed by atoms with Gasteiger partial charge in [0.05, 0.1) is 5.57 Å². The van der Waals surface area contributed by atoms with E-state index in [0.29, 0.717) is 46.5 Å². The fourth-order valence-corrected chi connectivity index (χ4v) is 3.30. The predicted octanol–water partition coefficient (Wildman–Crippen LogP) is 5.73. The molecule has 1 aliphatic rings. The molecule has 1 N–H and O–H groups in total. The third kappa shape index (κ3) is 3.09. The monoisotopic (exact) mass is 344 g/mol. The van der Waals surface area contributed by atoms with E-state index in [0.717, 1.165) is 12.0 Å². The molecular weight excluding hydrogens is 327 g/mol. The van der Waals surface area contributed by atoms with Crippen molar-refractivity contribution < 1.29 is 14.3 Å². The van der Waals surface area contributed by atoms with Crippen molar-refractivity contribution in [3.8, 4) is 11.1 Å². The molecule has 0 fully saturated rings. The molecular formula is C20H18ClFO2. The SMILES string of the molecule is CCc1ccc(-c2ccc(Cl)cc2F)cc1C1=C(O)CCCC1=O. The van der Waals surface area contributed by atoms with E-state index in [1.165, 1.54) is 6.07 Å². The van der Waals surface area contributed by atoms with Gasteiger partial charge in [-0.25, -0.2) is 4.39 Å². The van der Waals surface area contributed by atoms with Crippen LogP contribution in [0, 0.1) is 5.82 Å². The molecule has 0 saturated heterocycles. The van der Waals surface area contributed by atoms with Crippen molar-refractivity contribution in [3.63, 3.8) is 0 Å². The number of Topliss-reactive ketones (excluding diaryl/α,β-unsaturated/α-hetero) is 1. The maximum Gasteiger partial charge on any atom is 0.166 e. The van der Waals surface area contributed by atoms with E-state index < -0.39 is 5.82 Å². The highest BCUT2D eigenvalue weighted by Gasteiger charge is 2.24. The van der Waals surface area contributed by atoms with Gasteiger partial charge in [0.25, 0.3) is 0 Å². The first-order valence-electron chi connectivity index (χ1n) is 8.05. The maximum atomic E-state index is 14.2. The first-order chi connectivity index (χ1) is 11.5. The Kier molecular flexibility index (Phi) is 4.72. The number of rotatable bonds is 3. The normalized spacial score (nSPS) is 15.0. The highest BCUT2D eigenvalue weighted by atomic mass is 35.5. The summed E-state index contributed by atoms with van der Waals surface area (Å²) in [6.45, 7) is 1.99. The Bertz CT molecular complexity index is 840. The number of hydrogen-bond acceptors (Lipinski definition) is 2. The summed E-state index contributed by atoms with van der Waals surface area (Å²) < 4.78 is 14.2. The summed E-state index contributed by atoms with van der Waals surface area (Å²) in [5.41, 5.74) is 3.13. The van der Waals surface area contributed by atoms with Gasteiger partial charge in [0.1, 0.15) is 11.6 Å².